The Kier molecular flexibility index (Phi) is 3.79. The maximum absolute atomic E-state index is 11.9. The van der Waals surface area contributed by atoms with Crippen LogP contribution in [0.4, 0.5) is 13.2 Å². The summed E-state index contributed by atoms with van der Waals surface area (Å²) in [6.07, 6.45) is -4.78. The third-order valence-corrected chi connectivity index (χ3v) is 2.05. The molecule has 0 aliphatic rings. The van der Waals surface area contributed by atoms with Crippen molar-refractivity contribution >= 4 is 21.8 Å². The molecule has 0 aliphatic carbocycles. The lowest BCUT2D eigenvalue weighted by molar-refractivity contribution is -0.274. The van der Waals surface area contributed by atoms with Crippen LogP contribution in [0, 0.1) is 0 Å². The number of rotatable bonds is 2. The Hall–Kier alpha value is -1.24. The largest absolute Gasteiger partial charge is 0.573 e. The van der Waals surface area contributed by atoms with Crippen molar-refractivity contribution in [3.05, 3.63) is 28.2 Å². The van der Waals surface area contributed by atoms with Gasteiger partial charge in [0.25, 0.3) is 5.91 Å². The first kappa shape index (κ1) is 12.8. The van der Waals surface area contributed by atoms with Crippen molar-refractivity contribution in [3.8, 4) is 5.75 Å². The first-order valence-corrected chi connectivity index (χ1v) is 4.89. The summed E-state index contributed by atoms with van der Waals surface area (Å²) >= 11 is 2.99. The van der Waals surface area contributed by atoms with Crippen molar-refractivity contribution in [3.63, 3.8) is 0 Å². The molecule has 0 heterocycles. The van der Waals surface area contributed by atoms with Crippen molar-refractivity contribution in [1.82, 2.24) is 5.32 Å². The first-order valence-electron chi connectivity index (χ1n) is 4.10. The maximum Gasteiger partial charge on any atom is 0.573 e. The predicted molar refractivity (Wildman–Crippen MR) is 54.2 cm³/mol. The van der Waals surface area contributed by atoms with E-state index in [4.69, 9.17) is 0 Å². The molecule has 1 amide bonds. The summed E-state index contributed by atoms with van der Waals surface area (Å²) in [4.78, 5) is 11.2. The molecule has 3 nitrogen and oxygen atoms in total. The van der Waals surface area contributed by atoms with Gasteiger partial charge in [-0.3, -0.25) is 4.79 Å². The first-order chi connectivity index (χ1) is 7.31. The quantitative estimate of drug-likeness (QED) is 0.911. The molecule has 1 aromatic rings. The minimum Gasteiger partial charge on any atom is -0.406 e. The van der Waals surface area contributed by atoms with Crippen molar-refractivity contribution in [2.24, 2.45) is 0 Å². The lowest BCUT2D eigenvalue weighted by Gasteiger charge is -2.10. The molecule has 1 aromatic carbocycles. The van der Waals surface area contributed by atoms with E-state index in [2.05, 4.69) is 26.0 Å². The molecule has 1 rings (SSSR count). The summed E-state index contributed by atoms with van der Waals surface area (Å²) in [6, 6.07) is 3.53. The standard InChI is InChI=1S/C9H7BrF3NO2/c1-14-8(15)5-2-6(10)4-7(3-5)16-9(11,12)13/h2-4H,1H3,(H,14,15). The Morgan fingerprint density at radius 1 is 1.38 bits per heavy atom. The topological polar surface area (TPSA) is 38.3 Å². The lowest BCUT2D eigenvalue weighted by Crippen LogP contribution is -2.20. The van der Waals surface area contributed by atoms with E-state index >= 15 is 0 Å². The summed E-state index contributed by atoms with van der Waals surface area (Å²) in [5.41, 5.74) is 0.0797. The number of carbonyl (C=O) groups excluding carboxylic acids is 1. The molecular weight excluding hydrogens is 291 g/mol. The number of benzene rings is 1. The smallest absolute Gasteiger partial charge is 0.406 e. The minimum atomic E-state index is -4.78. The monoisotopic (exact) mass is 297 g/mol. The number of halogens is 4. The molecule has 0 unspecified atom stereocenters. The van der Waals surface area contributed by atoms with E-state index in [1.54, 1.807) is 0 Å². The van der Waals surface area contributed by atoms with Crippen molar-refractivity contribution < 1.29 is 22.7 Å². The predicted octanol–water partition coefficient (Wildman–Crippen LogP) is 2.71. The summed E-state index contributed by atoms with van der Waals surface area (Å²) in [5, 5.41) is 2.30. The SMILES string of the molecule is CNC(=O)c1cc(Br)cc(OC(F)(F)F)c1. The fraction of sp³-hybridized carbons (Fsp3) is 0.222. The van der Waals surface area contributed by atoms with E-state index in [0.717, 1.165) is 12.1 Å². The Balaban J connectivity index is 3.03. The van der Waals surface area contributed by atoms with Gasteiger partial charge >= 0.3 is 6.36 Å². The average Bonchev–Trinajstić information content (AvgIpc) is 2.12. The molecule has 0 aliphatic heterocycles. The highest BCUT2D eigenvalue weighted by Crippen LogP contribution is 2.27. The van der Waals surface area contributed by atoms with Gasteiger partial charge in [0, 0.05) is 17.1 Å². The van der Waals surface area contributed by atoms with E-state index in [1.807, 2.05) is 0 Å². The van der Waals surface area contributed by atoms with Crippen LogP contribution < -0.4 is 10.1 Å². The molecule has 88 valence electrons. The Morgan fingerprint density at radius 2 is 2.00 bits per heavy atom. The average molecular weight is 298 g/mol. The van der Waals surface area contributed by atoms with Crippen LogP contribution in [-0.4, -0.2) is 19.3 Å². The third-order valence-electron chi connectivity index (χ3n) is 1.59. The summed E-state index contributed by atoms with van der Waals surface area (Å²) in [7, 11) is 1.38. The van der Waals surface area contributed by atoms with Crippen molar-refractivity contribution in [2.75, 3.05) is 7.05 Å². The number of alkyl halides is 3. The minimum absolute atomic E-state index is 0.0797. The molecular formula is C9H7BrF3NO2. The van der Waals surface area contributed by atoms with E-state index in [0.29, 0.717) is 4.47 Å². The Morgan fingerprint density at radius 3 is 2.50 bits per heavy atom. The highest BCUT2D eigenvalue weighted by molar-refractivity contribution is 9.10. The van der Waals surface area contributed by atoms with Gasteiger partial charge in [0.1, 0.15) is 5.75 Å². The van der Waals surface area contributed by atoms with Crippen molar-refractivity contribution in [2.45, 2.75) is 6.36 Å². The van der Waals surface area contributed by atoms with Gasteiger partial charge in [-0.15, -0.1) is 13.2 Å². The van der Waals surface area contributed by atoms with Crippen LogP contribution in [0.5, 0.6) is 5.75 Å². The van der Waals surface area contributed by atoms with Crippen molar-refractivity contribution in [1.29, 1.82) is 0 Å². The number of carbonyl (C=O) groups is 1. The van der Waals surface area contributed by atoms with E-state index < -0.39 is 18.0 Å². The molecule has 7 heteroatoms. The fourth-order valence-electron chi connectivity index (χ4n) is 1.03. The molecule has 0 spiro atoms. The molecule has 16 heavy (non-hydrogen) atoms. The fourth-order valence-corrected chi connectivity index (χ4v) is 1.50. The number of ether oxygens (including phenoxy) is 1. The molecule has 1 N–H and O–H groups in total. The van der Waals surface area contributed by atoms with E-state index in [1.165, 1.54) is 13.1 Å². The van der Waals surface area contributed by atoms with Crippen LogP contribution >= 0.6 is 15.9 Å². The van der Waals surface area contributed by atoms with Gasteiger partial charge in [0.2, 0.25) is 0 Å². The van der Waals surface area contributed by atoms with Crippen LogP contribution in [0.2, 0.25) is 0 Å². The number of amides is 1. The van der Waals surface area contributed by atoms with Crippen LogP contribution in [0.25, 0.3) is 0 Å². The zero-order chi connectivity index (χ0) is 12.3. The zero-order valence-corrected chi connectivity index (χ0v) is 9.65. The molecule has 0 bridgehead atoms. The summed E-state index contributed by atoms with van der Waals surface area (Å²) in [6.45, 7) is 0. The third kappa shape index (κ3) is 3.73. The van der Waals surface area contributed by atoms with Gasteiger partial charge < -0.3 is 10.1 Å². The second-order valence-corrected chi connectivity index (χ2v) is 3.72. The Bertz CT molecular complexity index is 406. The second kappa shape index (κ2) is 4.73. The zero-order valence-electron chi connectivity index (χ0n) is 8.06. The normalized spacial score (nSPS) is 11.1. The Labute approximate surface area is 97.7 Å². The molecule has 0 aromatic heterocycles. The number of hydrogen-bond acceptors (Lipinski definition) is 2. The molecule has 0 radical (unpaired) electrons. The molecule has 0 saturated carbocycles. The highest BCUT2D eigenvalue weighted by Gasteiger charge is 2.31. The van der Waals surface area contributed by atoms with E-state index in [9.17, 15) is 18.0 Å². The number of nitrogens with one attached hydrogen (secondary N) is 1. The van der Waals surface area contributed by atoms with Gasteiger partial charge in [0.05, 0.1) is 0 Å². The van der Waals surface area contributed by atoms with E-state index in [-0.39, 0.29) is 5.56 Å². The van der Waals surface area contributed by atoms with Gasteiger partial charge in [-0.05, 0) is 18.2 Å². The van der Waals surface area contributed by atoms with Gasteiger partial charge in [-0.1, -0.05) is 15.9 Å². The molecule has 0 atom stereocenters. The highest BCUT2D eigenvalue weighted by atomic mass is 79.9. The van der Waals surface area contributed by atoms with Gasteiger partial charge in [-0.25, -0.2) is 0 Å². The summed E-state index contributed by atoms with van der Waals surface area (Å²) in [5.74, 6) is -0.936. The van der Waals surface area contributed by atoms with Crippen LogP contribution in [0.15, 0.2) is 22.7 Å². The second-order valence-electron chi connectivity index (χ2n) is 2.80. The molecule has 0 fully saturated rings. The van der Waals surface area contributed by atoms with Crippen LogP contribution in [0.1, 0.15) is 10.4 Å². The summed E-state index contributed by atoms with van der Waals surface area (Å²) < 4.78 is 39.9. The van der Waals surface area contributed by atoms with Gasteiger partial charge in [-0.2, -0.15) is 0 Å². The van der Waals surface area contributed by atoms with Gasteiger partial charge in [0.15, 0.2) is 0 Å². The maximum atomic E-state index is 11.9. The lowest BCUT2D eigenvalue weighted by atomic mass is 10.2. The van der Waals surface area contributed by atoms with Crippen LogP contribution in [0.3, 0.4) is 0 Å². The number of hydrogen-bond donors (Lipinski definition) is 1. The molecule has 0 saturated heterocycles. The van der Waals surface area contributed by atoms with Crippen LogP contribution in [-0.2, 0) is 0 Å².